The average molecular weight is 306 g/mol. The van der Waals surface area contributed by atoms with Gasteiger partial charge in [0.2, 0.25) is 9.84 Å². The molecule has 0 fully saturated rings. The minimum Gasteiger partial charge on any atom is -0.468 e. The molecule has 19 heavy (non-hydrogen) atoms. The molecule has 9 heteroatoms. The SMILES string of the molecule is O=S(=O)(c1cnns1)C(CC=C(F)F)c1ccco1. The van der Waals surface area contributed by atoms with Crippen LogP contribution >= 0.6 is 11.5 Å². The quantitative estimate of drug-likeness (QED) is 0.849. The average Bonchev–Trinajstić information content (AvgIpc) is 3.02. The smallest absolute Gasteiger partial charge is 0.266 e. The van der Waals surface area contributed by atoms with Gasteiger partial charge in [-0.05, 0) is 24.6 Å². The van der Waals surface area contributed by atoms with Gasteiger partial charge in [0.05, 0.1) is 12.5 Å². The fourth-order valence-electron chi connectivity index (χ4n) is 1.49. The van der Waals surface area contributed by atoms with E-state index in [1.165, 1.54) is 18.4 Å². The van der Waals surface area contributed by atoms with Crippen molar-refractivity contribution in [1.82, 2.24) is 9.59 Å². The van der Waals surface area contributed by atoms with Gasteiger partial charge in [-0.25, -0.2) is 8.42 Å². The highest BCUT2D eigenvalue weighted by atomic mass is 32.2. The fourth-order valence-corrected chi connectivity index (χ4v) is 3.89. The topological polar surface area (TPSA) is 73.1 Å². The number of furan rings is 1. The molecule has 0 saturated heterocycles. The standard InChI is InChI=1S/C10H8F2N2O3S2/c11-9(12)4-3-8(7-2-1-5-17-7)19(15,16)10-6-13-14-18-10/h1-2,4-6,8H,3H2. The van der Waals surface area contributed by atoms with Crippen LogP contribution in [0.25, 0.3) is 0 Å². The van der Waals surface area contributed by atoms with Gasteiger partial charge in [-0.1, -0.05) is 4.49 Å². The van der Waals surface area contributed by atoms with Gasteiger partial charge in [0.15, 0.2) is 4.21 Å². The van der Waals surface area contributed by atoms with Crippen LogP contribution < -0.4 is 0 Å². The lowest BCUT2D eigenvalue weighted by atomic mass is 10.2. The lowest BCUT2D eigenvalue weighted by molar-refractivity contribution is 0.415. The van der Waals surface area contributed by atoms with E-state index in [1.807, 2.05) is 0 Å². The Morgan fingerprint density at radius 1 is 1.53 bits per heavy atom. The molecule has 0 radical (unpaired) electrons. The van der Waals surface area contributed by atoms with Crippen LogP contribution in [0.3, 0.4) is 0 Å². The Kier molecular flexibility index (Phi) is 4.05. The van der Waals surface area contributed by atoms with Crippen molar-refractivity contribution in [2.75, 3.05) is 0 Å². The number of sulfone groups is 1. The summed E-state index contributed by atoms with van der Waals surface area (Å²) >= 11 is 0.691. The summed E-state index contributed by atoms with van der Waals surface area (Å²) in [6.45, 7) is 0. The highest BCUT2D eigenvalue weighted by molar-refractivity contribution is 7.93. The van der Waals surface area contributed by atoms with Gasteiger partial charge in [0.25, 0.3) is 6.08 Å². The van der Waals surface area contributed by atoms with Crippen LogP contribution in [0.1, 0.15) is 17.4 Å². The van der Waals surface area contributed by atoms with E-state index in [-0.39, 0.29) is 16.4 Å². The second-order valence-corrected chi connectivity index (χ2v) is 6.66. The predicted molar refractivity (Wildman–Crippen MR) is 63.5 cm³/mol. The van der Waals surface area contributed by atoms with Gasteiger partial charge >= 0.3 is 0 Å². The molecule has 2 aromatic rings. The Labute approximate surface area is 111 Å². The highest BCUT2D eigenvalue weighted by Gasteiger charge is 2.32. The largest absolute Gasteiger partial charge is 0.468 e. The zero-order chi connectivity index (χ0) is 13.9. The van der Waals surface area contributed by atoms with E-state index < -0.39 is 21.2 Å². The van der Waals surface area contributed by atoms with E-state index in [2.05, 4.69) is 9.59 Å². The van der Waals surface area contributed by atoms with Crippen molar-refractivity contribution in [2.45, 2.75) is 15.9 Å². The third-order valence-corrected chi connectivity index (χ3v) is 5.56. The Bertz CT molecular complexity index is 647. The monoisotopic (exact) mass is 306 g/mol. The van der Waals surface area contributed by atoms with E-state index >= 15 is 0 Å². The summed E-state index contributed by atoms with van der Waals surface area (Å²) in [7, 11) is -3.85. The normalized spacial score (nSPS) is 13.2. The Morgan fingerprint density at radius 3 is 2.84 bits per heavy atom. The summed E-state index contributed by atoms with van der Waals surface area (Å²) in [4.78, 5) is 0. The first kappa shape index (κ1) is 13.8. The molecule has 0 N–H and O–H groups in total. The minimum atomic E-state index is -3.85. The molecule has 1 unspecified atom stereocenters. The third-order valence-electron chi connectivity index (χ3n) is 2.34. The Balaban J connectivity index is 2.41. The molecule has 0 aromatic carbocycles. The lowest BCUT2D eigenvalue weighted by Gasteiger charge is -2.11. The van der Waals surface area contributed by atoms with Crippen LogP contribution in [0.2, 0.25) is 0 Å². The number of nitrogens with zero attached hydrogens (tertiary/aromatic N) is 2. The summed E-state index contributed by atoms with van der Waals surface area (Å²) in [5.41, 5.74) is 0. The molecule has 102 valence electrons. The Hall–Kier alpha value is -1.61. The highest BCUT2D eigenvalue weighted by Crippen LogP contribution is 2.33. The van der Waals surface area contributed by atoms with Gasteiger partial charge in [-0.2, -0.15) is 8.78 Å². The number of allylic oxidation sites excluding steroid dienone is 1. The number of aromatic nitrogens is 2. The van der Waals surface area contributed by atoms with Crippen LogP contribution in [-0.4, -0.2) is 18.0 Å². The molecule has 2 rings (SSSR count). The van der Waals surface area contributed by atoms with Crippen molar-refractivity contribution >= 4 is 21.4 Å². The van der Waals surface area contributed by atoms with E-state index in [1.54, 1.807) is 0 Å². The zero-order valence-electron chi connectivity index (χ0n) is 9.36. The molecule has 2 aromatic heterocycles. The van der Waals surface area contributed by atoms with Crippen molar-refractivity contribution in [1.29, 1.82) is 0 Å². The third kappa shape index (κ3) is 3.04. The number of hydrogen-bond acceptors (Lipinski definition) is 6. The molecule has 5 nitrogen and oxygen atoms in total. The minimum absolute atomic E-state index is 0.0819. The van der Waals surface area contributed by atoms with Crippen LogP contribution in [0.15, 0.2) is 45.4 Å². The van der Waals surface area contributed by atoms with Gasteiger partial charge in [0, 0.05) is 11.5 Å². The van der Waals surface area contributed by atoms with E-state index in [9.17, 15) is 17.2 Å². The van der Waals surface area contributed by atoms with Gasteiger partial charge < -0.3 is 4.42 Å². The van der Waals surface area contributed by atoms with Crippen molar-refractivity contribution in [3.8, 4) is 0 Å². The molecule has 0 amide bonds. The maximum Gasteiger partial charge on any atom is 0.266 e. The maximum absolute atomic E-state index is 12.3. The van der Waals surface area contributed by atoms with E-state index in [4.69, 9.17) is 4.42 Å². The number of halogens is 2. The van der Waals surface area contributed by atoms with Gasteiger partial charge in [-0.15, -0.1) is 5.10 Å². The summed E-state index contributed by atoms with van der Waals surface area (Å²) in [6, 6.07) is 2.93. The van der Waals surface area contributed by atoms with Crippen molar-refractivity contribution in [3.63, 3.8) is 0 Å². The van der Waals surface area contributed by atoms with Crippen LogP contribution in [-0.2, 0) is 9.84 Å². The van der Waals surface area contributed by atoms with Crippen molar-refractivity contribution in [3.05, 3.63) is 42.5 Å². The fraction of sp³-hybridized carbons (Fsp3) is 0.200. The molecule has 2 heterocycles. The van der Waals surface area contributed by atoms with Gasteiger partial charge in [-0.3, -0.25) is 0 Å². The first-order valence-corrected chi connectivity index (χ1v) is 7.39. The Morgan fingerprint density at radius 2 is 2.32 bits per heavy atom. The second-order valence-electron chi connectivity index (χ2n) is 3.52. The van der Waals surface area contributed by atoms with Crippen LogP contribution in [0.5, 0.6) is 0 Å². The maximum atomic E-state index is 12.3. The van der Waals surface area contributed by atoms with E-state index in [0.717, 1.165) is 6.20 Å². The first-order chi connectivity index (χ1) is 9.01. The first-order valence-electron chi connectivity index (χ1n) is 5.07. The predicted octanol–water partition coefficient (Wildman–Crippen LogP) is 2.82. The van der Waals surface area contributed by atoms with E-state index in [0.29, 0.717) is 17.6 Å². The van der Waals surface area contributed by atoms with Gasteiger partial charge in [0.1, 0.15) is 11.0 Å². The number of rotatable bonds is 5. The zero-order valence-corrected chi connectivity index (χ0v) is 11.0. The molecule has 0 saturated carbocycles. The second kappa shape index (κ2) is 5.57. The molecular weight excluding hydrogens is 298 g/mol. The van der Waals surface area contributed by atoms with Crippen LogP contribution in [0.4, 0.5) is 8.78 Å². The molecule has 0 aliphatic heterocycles. The molecule has 0 bridgehead atoms. The van der Waals surface area contributed by atoms with Crippen molar-refractivity contribution in [2.24, 2.45) is 0 Å². The molecule has 0 spiro atoms. The molecule has 0 aliphatic carbocycles. The summed E-state index contributed by atoms with van der Waals surface area (Å²) in [6.07, 6.45) is 0.619. The van der Waals surface area contributed by atoms with Crippen molar-refractivity contribution < 1.29 is 21.6 Å². The number of hydrogen-bond donors (Lipinski definition) is 0. The summed E-state index contributed by atoms with van der Waals surface area (Å²) in [5, 5.41) is 2.23. The summed E-state index contributed by atoms with van der Waals surface area (Å²) < 4.78 is 57.4. The molecular formula is C10H8F2N2O3S2. The molecule has 1 atom stereocenters. The molecule has 0 aliphatic rings. The summed E-state index contributed by atoms with van der Waals surface area (Å²) in [5.74, 6) is 0.103. The lowest BCUT2D eigenvalue weighted by Crippen LogP contribution is -2.11. The van der Waals surface area contributed by atoms with Crippen LogP contribution in [0, 0.1) is 0 Å².